The second-order valence-electron chi connectivity index (χ2n) is 8.66. The van der Waals surface area contributed by atoms with Crippen LogP contribution in [0.2, 0.25) is 0 Å². The summed E-state index contributed by atoms with van der Waals surface area (Å²) in [6.45, 7) is 3.01. The van der Waals surface area contributed by atoms with E-state index in [9.17, 15) is 22.8 Å². The number of carbonyl (C=O) groups excluding carboxylic acids is 1. The summed E-state index contributed by atoms with van der Waals surface area (Å²) in [4.78, 5) is 28.4. The fourth-order valence-corrected chi connectivity index (χ4v) is 4.87. The first-order valence-corrected chi connectivity index (χ1v) is 11.5. The highest BCUT2D eigenvalue weighted by Gasteiger charge is 2.31. The second kappa shape index (κ2) is 9.22. The highest BCUT2D eigenvalue weighted by molar-refractivity contribution is 6.04. The molecule has 1 fully saturated rings. The number of pyridine rings is 1. The predicted molar refractivity (Wildman–Crippen MR) is 126 cm³/mol. The van der Waals surface area contributed by atoms with Crippen LogP contribution in [0.3, 0.4) is 0 Å². The lowest BCUT2D eigenvalue weighted by atomic mass is 10.0. The van der Waals surface area contributed by atoms with E-state index >= 15 is 0 Å². The number of halogens is 3. The maximum Gasteiger partial charge on any atom is 0.416 e. The molecule has 0 saturated carbocycles. The number of benzene rings is 2. The first-order chi connectivity index (χ1) is 16.8. The van der Waals surface area contributed by atoms with Gasteiger partial charge in [-0.2, -0.15) is 13.2 Å². The first-order valence-electron chi connectivity index (χ1n) is 11.5. The Kier molecular flexibility index (Phi) is 6.10. The molecule has 1 aliphatic carbocycles. The molecule has 0 spiro atoms. The first kappa shape index (κ1) is 23.2. The fraction of sp³-hybridized carbons (Fsp3) is 0.308. The molecular weight excluding hydrogens is 459 g/mol. The van der Waals surface area contributed by atoms with E-state index in [2.05, 4.69) is 16.3 Å². The van der Waals surface area contributed by atoms with Gasteiger partial charge in [0.1, 0.15) is 5.56 Å². The lowest BCUT2D eigenvalue weighted by Crippen LogP contribution is -2.36. The SMILES string of the molecule is O=C(Nc1ccc(C(F)(F)F)cc1)c1cccn(C2CCc3c2cccc3N2CCOCC2)c1=O. The van der Waals surface area contributed by atoms with Crippen LogP contribution in [0.15, 0.2) is 65.6 Å². The van der Waals surface area contributed by atoms with Crippen molar-refractivity contribution in [1.82, 2.24) is 4.57 Å². The summed E-state index contributed by atoms with van der Waals surface area (Å²) < 4.78 is 45.4. The van der Waals surface area contributed by atoms with Crippen LogP contribution in [0, 0.1) is 0 Å². The van der Waals surface area contributed by atoms with Crippen LogP contribution in [-0.2, 0) is 17.3 Å². The van der Waals surface area contributed by atoms with Gasteiger partial charge in [0.05, 0.1) is 24.8 Å². The molecular formula is C26H24F3N3O3. The van der Waals surface area contributed by atoms with Gasteiger partial charge in [0.2, 0.25) is 0 Å². The van der Waals surface area contributed by atoms with E-state index < -0.39 is 23.2 Å². The van der Waals surface area contributed by atoms with Gasteiger partial charge in [0, 0.05) is 30.7 Å². The van der Waals surface area contributed by atoms with Crippen molar-refractivity contribution in [2.45, 2.75) is 25.1 Å². The van der Waals surface area contributed by atoms with Crippen LogP contribution < -0.4 is 15.8 Å². The van der Waals surface area contributed by atoms with Gasteiger partial charge in [-0.05, 0) is 66.4 Å². The average molecular weight is 483 g/mol. The summed E-state index contributed by atoms with van der Waals surface area (Å²) in [6, 6.07) is 13.1. The molecule has 1 amide bonds. The molecule has 2 aromatic carbocycles. The highest BCUT2D eigenvalue weighted by atomic mass is 19.4. The molecule has 1 atom stereocenters. The van der Waals surface area contributed by atoms with E-state index in [4.69, 9.17) is 4.74 Å². The van der Waals surface area contributed by atoms with Crippen LogP contribution in [0.25, 0.3) is 0 Å². The van der Waals surface area contributed by atoms with Crippen molar-refractivity contribution in [3.05, 3.63) is 93.4 Å². The number of amides is 1. The maximum atomic E-state index is 13.3. The lowest BCUT2D eigenvalue weighted by Gasteiger charge is -2.30. The molecule has 9 heteroatoms. The van der Waals surface area contributed by atoms with Crippen molar-refractivity contribution in [1.29, 1.82) is 0 Å². The van der Waals surface area contributed by atoms with Gasteiger partial charge in [0.15, 0.2) is 0 Å². The molecule has 3 aromatic rings. The van der Waals surface area contributed by atoms with Crippen LogP contribution >= 0.6 is 0 Å². The van der Waals surface area contributed by atoms with E-state index in [0.717, 1.165) is 49.3 Å². The van der Waals surface area contributed by atoms with Crippen LogP contribution in [0.1, 0.15) is 39.5 Å². The number of rotatable bonds is 4. The normalized spacial score (nSPS) is 17.8. The summed E-state index contributed by atoms with van der Waals surface area (Å²) in [5.74, 6) is -0.663. The topological polar surface area (TPSA) is 63.6 Å². The Morgan fingerprint density at radius 2 is 1.74 bits per heavy atom. The number of alkyl halides is 3. The van der Waals surface area contributed by atoms with Crippen molar-refractivity contribution in [2.24, 2.45) is 0 Å². The third kappa shape index (κ3) is 4.55. The van der Waals surface area contributed by atoms with E-state index in [1.807, 2.05) is 12.1 Å². The van der Waals surface area contributed by atoms with Gasteiger partial charge < -0.3 is 19.5 Å². The fourth-order valence-electron chi connectivity index (χ4n) is 4.87. The Labute approximate surface area is 199 Å². The average Bonchev–Trinajstić information content (AvgIpc) is 3.28. The van der Waals surface area contributed by atoms with Gasteiger partial charge in [0.25, 0.3) is 11.5 Å². The molecule has 1 aromatic heterocycles. The standard InChI is InChI=1S/C26H24F3N3O3/c27-26(28,29)17-6-8-18(9-7-17)30-24(33)21-4-2-12-32(25(21)34)23-11-10-20-19(23)3-1-5-22(20)31-13-15-35-16-14-31/h1-9,12,23H,10-11,13-16H2,(H,30,33). The summed E-state index contributed by atoms with van der Waals surface area (Å²) in [5, 5.41) is 2.53. The number of fused-ring (bicyclic) bond motifs is 1. The zero-order valence-corrected chi connectivity index (χ0v) is 18.8. The molecule has 2 heterocycles. The third-order valence-corrected chi connectivity index (χ3v) is 6.59. The van der Waals surface area contributed by atoms with Crippen molar-refractivity contribution >= 4 is 17.3 Å². The van der Waals surface area contributed by atoms with Crippen molar-refractivity contribution in [2.75, 3.05) is 36.5 Å². The molecule has 182 valence electrons. The van der Waals surface area contributed by atoms with Crippen LogP contribution in [0.5, 0.6) is 0 Å². The van der Waals surface area contributed by atoms with E-state index in [1.165, 1.54) is 23.8 Å². The van der Waals surface area contributed by atoms with Gasteiger partial charge >= 0.3 is 6.18 Å². The molecule has 5 rings (SSSR count). The molecule has 2 aliphatic rings. The molecule has 1 N–H and O–H groups in total. The van der Waals surface area contributed by atoms with E-state index in [-0.39, 0.29) is 17.3 Å². The van der Waals surface area contributed by atoms with Crippen LogP contribution in [0.4, 0.5) is 24.5 Å². The largest absolute Gasteiger partial charge is 0.416 e. The third-order valence-electron chi connectivity index (χ3n) is 6.59. The Bertz CT molecular complexity index is 1300. The summed E-state index contributed by atoms with van der Waals surface area (Å²) in [5.41, 5.74) is 2.31. The van der Waals surface area contributed by atoms with Gasteiger partial charge in [-0.15, -0.1) is 0 Å². The quantitative estimate of drug-likeness (QED) is 0.594. The molecule has 1 saturated heterocycles. The summed E-state index contributed by atoms with van der Waals surface area (Å²) >= 11 is 0. The van der Waals surface area contributed by atoms with Crippen molar-refractivity contribution < 1.29 is 22.7 Å². The monoisotopic (exact) mass is 483 g/mol. The zero-order chi connectivity index (χ0) is 24.6. The van der Waals surface area contributed by atoms with Crippen molar-refractivity contribution in [3.8, 4) is 0 Å². The summed E-state index contributed by atoms with van der Waals surface area (Å²) in [7, 11) is 0. The van der Waals surface area contributed by atoms with E-state index in [0.29, 0.717) is 13.2 Å². The smallest absolute Gasteiger partial charge is 0.378 e. The van der Waals surface area contributed by atoms with Gasteiger partial charge in [-0.25, -0.2) is 0 Å². The van der Waals surface area contributed by atoms with E-state index in [1.54, 1.807) is 16.8 Å². The number of anilines is 2. The molecule has 0 radical (unpaired) electrons. The minimum absolute atomic E-state index is 0.0646. The van der Waals surface area contributed by atoms with Gasteiger partial charge in [-0.3, -0.25) is 9.59 Å². The van der Waals surface area contributed by atoms with Crippen molar-refractivity contribution in [3.63, 3.8) is 0 Å². The Hall–Kier alpha value is -3.59. The predicted octanol–water partition coefficient (Wildman–Crippen LogP) is 4.49. The lowest BCUT2D eigenvalue weighted by molar-refractivity contribution is -0.137. The molecule has 1 aliphatic heterocycles. The minimum Gasteiger partial charge on any atom is -0.378 e. The zero-order valence-electron chi connectivity index (χ0n) is 18.8. The summed E-state index contributed by atoms with van der Waals surface area (Å²) in [6.07, 6.45) is -1.23. The molecule has 6 nitrogen and oxygen atoms in total. The number of nitrogens with zero attached hydrogens (tertiary/aromatic N) is 2. The Morgan fingerprint density at radius 1 is 1.00 bits per heavy atom. The van der Waals surface area contributed by atoms with Crippen LogP contribution in [-0.4, -0.2) is 36.8 Å². The second-order valence-corrected chi connectivity index (χ2v) is 8.66. The Balaban J connectivity index is 1.40. The Morgan fingerprint density at radius 3 is 2.46 bits per heavy atom. The number of ether oxygens (including phenoxy) is 1. The number of hydrogen-bond acceptors (Lipinski definition) is 4. The number of nitrogens with one attached hydrogen (secondary N) is 1. The highest BCUT2D eigenvalue weighted by Crippen LogP contribution is 2.39. The molecule has 1 unspecified atom stereocenters. The molecule has 0 bridgehead atoms. The molecule has 35 heavy (non-hydrogen) atoms. The number of hydrogen-bond donors (Lipinski definition) is 1. The van der Waals surface area contributed by atoms with Gasteiger partial charge in [-0.1, -0.05) is 12.1 Å². The minimum atomic E-state index is -4.46. The number of carbonyl (C=O) groups is 1. The number of morpholine rings is 1. The number of aromatic nitrogens is 1. The maximum absolute atomic E-state index is 13.3.